The number of rotatable bonds is 3. The van der Waals surface area contributed by atoms with Crippen LogP contribution < -0.4 is 10.1 Å². The Balaban J connectivity index is 1.50. The first kappa shape index (κ1) is 24.2. The van der Waals surface area contributed by atoms with Gasteiger partial charge in [-0.3, -0.25) is 9.59 Å². The van der Waals surface area contributed by atoms with E-state index in [1.165, 1.54) is 0 Å². The minimum Gasteiger partial charge on any atom is -0.423 e. The number of hydrogen-bond acceptors (Lipinski definition) is 5. The molecule has 186 valence electrons. The zero-order valence-corrected chi connectivity index (χ0v) is 21.7. The summed E-state index contributed by atoms with van der Waals surface area (Å²) in [6.07, 6.45) is 2.45. The highest BCUT2D eigenvalue weighted by molar-refractivity contribution is 6.06. The van der Waals surface area contributed by atoms with Crippen LogP contribution in [0.15, 0.2) is 71.1 Å². The number of benzene rings is 2. The monoisotopic (exact) mass is 483 g/mol. The van der Waals surface area contributed by atoms with Gasteiger partial charge in [-0.2, -0.15) is 0 Å². The van der Waals surface area contributed by atoms with Gasteiger partial charge in [0.15, 0.2) is 11.6 Å². The van der Waals surface area contributed by atoms with Crippen molar-refractivity contribution in [2.75, 3.05) is 0 Å². The Morgan fingerprint density at radius 2 is 1.28 bits per heavy atom. The third kappa shape index (κ3) is 4.55. The lowest BCUT2D eigenvalue weighted by Gasteiger charge is -2.44. The Kier molecular flexibility index (Phi) is 5.77. The second-order valence-electron chi connectivity index (χ2n) is 12.0. The van der Waals surface area contributed by atoms with Gasteiger partial charge in [0.05, 0.1) is 5.56 Å². The fourth-order valence-electron chi connectivity index (χ4n) is 5.81. The standard InChI is InChI=1S/C31H33NO4/c1-18-6-8-20(9-7-18)29(35)36-21-12-10-19(11-13-21)26-27-22(14-30(2,3)16-24(27)33)32-23-15-31(4,5)17-25(34)28(23)26/h6-13,26,32H,14-17H2,1-5H3. The molecule has 0 fully saturated rings. The highest BCUT2D eigenvalue weighted by atomic mass is 16.5. The summed E-state index contributed by atoms with van der Waals surface area (Å²) >= 11 is 0. The second kappa shape index (κ2) is 8.58. The normalized spacial score (nSPS) is 21.0. The van der Waals surface area contributed by atoms with Gasteiger partial charge in [0.25, 0.3) is 0 Å². The number of carbonyl (C=O) groups excluding carboxylic acids is 3. The fraction of sp³-hybridized carbons (Fsp3) is 0.387. The summed E-state index contributed by atoms with van der Waals surface area (Å²) in [6.45, 7) is 10.4. The van der Waals surface area contributed by atoms with Crippen LogP contribution in [0.4, 0.5) is 0 Å². The predicted molar refractivity (Wildman–Crippen MR) is 139 cm³/mol. The van der Waals surface area contributed by atoms with Gasteiger partial charge in [0, 0.05) is 41.3 Å². The quantitative estimate of drug-likeness (QED) is 0.416. The van der Waals surface area contributed by atoms with Gasteiger partial charge in [-0.15, -0.1) is 0 Å². The van der Waals surface area contributed by atoms with Crippen LogP contribution in [0, 0.1) is 17.8 Å². The molecule has 5 heteroatoms. The molecule has 0 amide bonds. The molecule has 36 heavy (non-hydrogen) atoms. The van der Waals surface area contributed by atoms with Crippen LogP contribution >= 0.6 is 0 Å². The van der Waals surface area contributed by atoms with Gasteiger partial charge in [-0.05, 0) is 60.4 Å². The lowest BCUT2D eigenvalue weighted by atomic mass is 9.64. The van der Waals surface area contributed by atoms with E-state index in [-0.39, 0.29) is 22.4 Å². The molecule has 1 aliphatic heterocycles. The van der Waals surface area contributed by atoms with Crippen molar-refractivity contribution in [2.24, 2.45) is 10.8 Å². The van der Waals surface area contributed by atoms with E-state index in [4.69, 9.17) is 4.74 Å². The maximum atomic E-state index is 13.4. The average molecular weight is 484 g/mol. The Morgan fingerprint density at radius 3 is 1.78 bits per heavy atom. The minimum absolute atomic E-state index is 0.0952. The molecule has 1 N–H and O–H groups in total. The number of nitrogens with one attached hydrogen (secondary N) is 1. The smallest absolute Gasteiger partial charge is 0.343 e. The van der Waals surface area contributed by atoms with E-state index < -0.39 is 11.9 Å². The molecule has 2 aliphatic carbocycles. The summed E-state index contributed by atoms with van der Waals surface area (Å²) in [7, 11) is 0. The van der Waals surface area contributed by atoms with Crippen LogP contribution in [-0.4, -0.2) is 17.5 Å². The number of aryl methyl sites for hydroxylation is 1. The summed E-state index contributed by atoms with van der Waals surface area (Å²) < 4.78 is 5.58. The van der Waals surface area contributed by atoms with Crippen molar-refractivity contribution in [3.8, 4) is 5.75 Å². The second-order valence-corrected chi connectivity index (χ2v) is 12.0. The third-order valence-electron chi connectivity index (χ3n) is 7.43. The Bertz CT molecular complexity index is 1270. The molecule has 0 atom stereocenters. The maximum absolute atomic E-state index is 13.4. The molecule has 0 spiro atoms. The number of Topliss-reactive ketones (excluding diaryl/α,β-unsaturated/α-hetero) is 2. The minimum atomic E-state index is -0.422. The molecule has 0 saturated carbocycles. The van der Waals surface area contributed by atoms with Crippen LogP contribution in [0.25, 0.3) is 0 Å². The van der Waals surface area contributed by atoms with Gasteiger partial charge in [-0.1, -0.05) is 57.5 Å². The zero-order valence-electron chi connectivity index (χ0n) is 21.7. The number of ether oxygens (including phenoxy) is 1. The first-order valence-corrected chi connectivity index (χ1v) is 12.6. The molecule has 3 aliphatic rings. The van der Waals surface area contributed by atoms with Crippen molar-refractivity contribution in [3.63, 3.8) is 0 Å². The molecule has 5 nitrogen and oxygen atoms in total. The van der Waals surface area contributed by atoms with Crippen LogP contribution in [0.3, 0.4) is 0 Å². The van der Waals surface area contributed by atoms with E-state index in [2.05, 4.69) is 33.0 Å². The van der Waals surface area contributed by atoms with Gasteiger partial charge in [0.2, 0.25) is 0 Å². The molecular formula is C31H33NO4. The summed E-state index contributed by atoms with van der Waals surface area (Å²) in [5.41, 5.74) is 5.48. The number of carbonyl (C=O) groups is 3. The van der Waals surface area contributed by atoms with E-state index in [0.29, 0.717) is 35.3 Å². The highest BCUT2D eigenvalue weighted by Crippen LogP contribution is 2.51. The van der Waals surface area contributed by atoms with Gasteiger partial charge in [-0.25, -0.2) is 4.79 Å². The van der Waals surface area contributed by atoms with Crippen molar-refractivity contribution in [1.29, 1.82) is 0 Å². The lowest BCUT2D eigenvalue weighted by Crippen LogP contribution is -2.42. The van der Waals surface area contributed by atoms with Crippen molar-refractivity contribution in [2.45, 2.75) is 66.2 Å². The van der Waals surface area contributed by atoms with Crippen molar-refractivity contribution < 1.29 is 19.1 Å². The van der Waals surface area contributed by atoms with Gasteiger partial charge < -0.3 is 10.1 Å². The Labute approximate surface area is 212 Å². The molecule has 1 heterocycles. The third-order valence-corrected chi connectivity index (χ3v) is 7.43. The summed E-state index contributed by atoms with van der Waals surface area (Å²) in [5.74, 6) is -0.205. The largest absolute Gasteiger partial charge is 0.423 e. The molecule has 2 aromatic rings. The van der Waals surface area contributed by atoms with Crippen molar-refractivity contribution in [3.05, 3.63) is 87.8 Å². The highest BCUT2D eigenvalue weighted by Gasteiger charge is 2.46. The van der Waals surface area contributed by atoms with E-state index in [1.54, 1.807) is 24.3 Å². The lowest BCUT2D eigenvalue weighted by molar-refractivity contribution is -0.119. The first-order chi connectivity index (χ1) is 16.9. The van der Waals surface area contributed by atoms with Gasteiger partial charge >= 0.3 is 5.97 Å². The van der Waals surface area contributed by atoms with E-state index >= 15 is 0 Å². The summed E-state index contributed by atoms with van der Waals surface area (Å²) in [5, 5.41) is 3.54. The predicted octanol–water partition coefficient (Wildman–Crippen LogP) is 6.19. The van der Waals surface area contributed by atoms with Gasteiger partial charge in [0.1, 0.15) is 5.75 Å². The number of allylic oxidation sites excluding steroid dienone is 4. The van der Waals surface area contributed by atoms with Crippen molar-refractivity contribution >= 4 is 17.5 Å². The maximum Gasteiger partial charge on any atom is 0.343 e. The molecule has 0 saturated heterocycles. The molecule has 2 aromatic carbocycles. The number of hydrogen-bond donors (Lipinski definition) is 1. The summed E-state index contributed by atoms with van der Waals surface area (Å²) in [6, 6.07) is 14.5. The molecule has 0 unspecified atom stereocenters. The molecular weight excluding hydrogens is 450 g/mol. The van der Waals surface area contributed by atoms with E-state index in [0.717, 1.165) is 35.4 Å². The van der Waals surface area contributed by atoms with Crippen LogP contribution in [-0.2, 0) is 9.59 Å². The number of esters is 1. The number of ketones is 2. The SMILES string of the molecule is Cc1ccc(C(=O)Oc2ccc(C3C4=C(CC(C)(C)CC4=O)NC4=C3C(=O)CC(C)(C)C4)cc2)cc1. The van der Waals surface area contributed by atoms with Crippen LogP contribution in [0.2, 0.25) is 0 Å². The van der Waals surface area contributed by atoms with Crippen molar-refractivity contribution in [1.82, 2.24) is 5.32 Å². The first-order valence-electron chi connectivity index (χ1n) is 12.6. The average Bonchev–Trinajstić information content (AvgIpc) is 2.77. The van der Waals surface area contributed by atoms with E-state index in [9.17, 15) is 14.4 Å². The Morgan fingerprint density at radius 1 is 0.778 bits per heavy atom. The molecule has 0 aromatic heterocycles. The molecule has 0 radical (unpaired) electrons. The molecule has 5 rings (SSSR count). The van der Waals surface area contributed by atoms with Crippen LogP contribution in [0.5, 0.6) is 5.75 Å². The topological polar surface area (TPSA) is 72.5 Å². The molecule has 0 bridgehead atoms. The Hall–Kier alpha value is -3.47. The summed E-state index contributed by atoms with van der Waals surface area (Å²) in [4.78, 5) is 39.4. The fourth-order valence-corrected chi connectivity index (χ4v) is 5.81. The van der Waals surface area contributed by atoms with Crippen LogP contribution in [0.1, 0.15) is 80.8 Å². The van der Waals surface area contributed by atoms with E-state index in [1.807, 2.05) is 31.2 Å². The zero-order chi connectivity index (χ0) is 25.8. The number of dihydropyridines is 1.